The van der Waals surface area contributed by atoms with Crippen LogP contribution in [0.25, 0.3) is 10.8 Å². The van der Waals surface area contributed by atoms with Crippen molar-refractivity contribution in [3.05, 3.63) is 42.0 Å². The van der Waals surface area contributed by atoms with Crippen molar-refractivity contribution in [3.8, 4) is 5.75 Å². The van der Waals surface area contributed by atoms with Gasteiger partial charge in [-0.2, -0.15) is 0 Å². The predicted octanol–water partition coefficient (Wildman–Crippen LogP) is 2.60. The lowest BCUT2D eigenvalue weighted by Crippen LogP contribution is -2.48. The first kappa shape index (κ1) is 14.5. The van der Waals surface area contributed by atoms with E-state index in [1.807, 2.05) is 23.1 Å². The van der Waals surface area contributed by atoms with Gasteiger partial charge in [-0.15, -0.1) is 0 Å². The Kier molecular flexibility index (Phi) is 3.69. The summed E-state index contributed by atoms with van der Waals surface area (Å²) in [6, 6.07) is 11.9. The Morgan fingerprint density at radius 2 is 1.78 bits per heavy atom. The zero-order valence-corrected chi connectivity index (χ0v) is 13.2. The molecular formula is C19H22N2O2. The topological polar surface area (TPSA) is 43.8 Å². The molecule has 1 N–H and O–H groups in total. The average Bonchev–Trinajstić information content (AvgIpc) is 3.42. The summed E-state index contributed by atoms with van der Waals surface area (Å²) < 4.78 is 0. The van der Waals surface area contributed by atoms with Crippen molar-refractivity contribution in [3.63, 3.8) is 0 Å². The van der Waals surface area contributed by atoms with E-state index in [0.29, 0.717) is 17.6 Å². The normalized spacial score (nSPS) is 19.2. The van der Waals surface area contributed by atoms with Crippen LogP contribution in [0, 0.1) is 5.92 Å². The molecule has 120 valence electrons. The van der Waals surface area contributed by atoms with Crippen LogP contribution in [-0.2, 0) is 11.3 Å². The molecular weight excluding hydrogens is 288 g/mol. The maximum absolute atomic E-state index is 12.1. The van der Waals surface area contributed by atoms with E-state index in [1.165, 1.54) is 0 Å². The lowest BCUT2D eigenvalue weighted by molar-refractivity contribution is -0.134. The number of fused-ring (bicyclic) bond motifs is 1. The number of aromatic hydroxyl groups is 1. The minimum Gasteiger partial charge on any atom is -0.508 e. The number of piperazine rings is 1. The van der Waals surface area contributed by atoms with Crippen LogP contribution in [0.1, 0.15) is 18.4 Å². The van der Waals surface area contributed by atoms with Gasteiger partial charge in [0.05, 0.1) is 0 Å². The minimum absolute atomic E-state index is 0.309. The summed E-state index contributed by atoms with van der Waals surface area (Å²) in [6.07, 6.45) is 2.14. The highest BCUT2D eigenvalue weighted by Gasteiger charge is 2.34. The Labute approximate surface area is 136 Å². The van der Waals surface area contributed by atoms with Gasteiger partial charge in [0.15, 0.2) is 0 Å². The summed E-state index contributed by atoms with van der Waals surface area (Å²) in [4.78, 5) is 16.5. The highest BCUT2D eigenvalue weighted by Crippen LogP contribution is 2.32. The van der Waals surface area contributed by atoms with E-state index in [-0.39, 0.29) is 0 Å². The molecule has 1 amide bonds. The molecule has 0 unspecified atom stereocenters. The molecule has 1 aliphatic carbocycles. The first-order valence-electron chi connectivity index (χ1n) is 8.43. The second kappa shape index (κ2) is 5.85. The number of phenols is 1. The Morgan fingerprint density at radius 3 is 2.52 bits per heavy atom. The third-order valence-corrected chi connectivity index (χ3v) is 5.01. The monoisotopic (exact) mass is 310 g/mol. The Bertz CT molecular complexity index is 731. The fraction of sp³-hybridized carbons (Fsp3) is 0.421. The summed E-state index contributed by atoms with van der Waals surface area (Å²) in [5.74, 6) is 1.02. The Hall–Kier alpha value is -2.07. The number of benzene rings is 2. The second-order valence-corrected chi connectivity index (χ2v) is 6.66. The van der Waals surface area contributed by atoms with Crippen molar-refractivity contribution < 1.29 is 9.90 Å². The van der Waals surface area contributed by atoms with Crippen LogP contribution in [0.4, 0.5) is 0 Å². The molecule has 4 rings (SSSR count). The molecule has 2 aliphatic rings. The molecule has 4 nitrogen and oxygen atoms in total. The number of phenolic OH excluding ortho intramolecular Hbond substituents is 1. The van der Waals surface area contributed by atoms with Crippen molar-refractivity contribution in [1.82, 2.24) is 9.80 Å². The van der Waals surface area contributed by atoms with Crippen molar-refractivity contribution in [2.75, 3.05) is 26.2 Å². The zero-order valence-electron chi connectivity index (χ0n) is 13.2. The summed E-state index contributed by atoms with van der Waals surface area (Å²) in [7, 11) is 0. The number of rotatable bonds is 3. The van der Waals surface area contributed by atoms with Crippen LogP contribution in [0.5, 0.6) is 5.75 Å². The summed E-state index contributed by atoms with van der Waals surface area (Å²) >= 11 is 0. The molecule has 0 spiro atoms. The number of carbonyl (C=O) groups is 1. The first-order chi connectivity index (χ1) is 11.2. The molecule has 2 aromatic rings. The third-order valence-electron chi connectivity index (χ3n) is 5.01. The van der Waals surface area contributed by atoms with Crippen molar-refractivity contribution in [2.45, 2.75) is 19.4 Å². The molecule has 0 bridgehead atoms. The smallest absolute Gasteiger partial charge is 0.225 e. The molecule has 23 heavy (non-hydrogen) atoms. The van der Waals surface area contributed by atoms with Crippen LogP contribution in [0.3, 0.4) is 0 Å². The molecule has 0 radical (unpaired) electrons. The molecule has 4 heteroatoms. The van der Waals surface area contributed by atoms with E-state index in [0.717, 1.165) is 61.9 Å². The van der Waals surface area contributed by atoms with E-state index in [9.17, 15) is 9.90 Å². The van der Waals surface area contributed by atoms with Crippen LogP contribution in [-0.4, -0.2) is 47.0 Å². The quantitative estimate of drug-likeness (QED) is 0.948. The Morgan fingerprint density at radius 1 is 1.04 bits per heavy atom. The van der Waals surface area contributed by atoms with Gasteiger partial charge in [-0.1, -0.05) is 30.3 Å². The van der Waals surface area contributed by atoms with Gasteiger partial charge in [0.25, 0.3) is 0 Å². The van der Waals surface area contributed by atoms with Gasteiger partial charge in [-0.05, 0) is 29.7 Å². The first-order valence-corrected chi connectivity index (χ1v) is 8.43. The third kappa shape index (κ3) is 2.91. The van der Waals surface area contributed by atoms with Crippen LogP contribution >= 0.6 is 0 Å². The van der Waals surface area contributed by atoms with Gasteiger partial charge in [0.1, 0.15) is 5.75 Å². The molecule has 1 aliphatic heterocycles. The molecule has 1 saturated heterocycles. The number of amides is 1. The van der Waals surface area contributed by atoms with Gasteiger partial charge in [0.2, 0.25) is 5.91 Å². The van der Waals surface area contributed by atoms with E-state index >= 15 is 0 Å². The minimum atomic E-state index is 0.309. The van der Waals surface area contributed by atoms with Gasteiger partial charge < -0.3 is 10.0 Å². The number of carbonyl (C=O) groups excluding carboxylic acids is 1. The fourth-order valence-corrected chi connectivity index (χ4v) is 3.43. The lowest BCUT2D eigenvalue weighted by Gasteiger charge is -2.35. The van der Waals surface area contributed by atoms with Gasteiger partial charge in [-0.3, -0.25) is 9.69 Å². The van der Waals surface area contributed by atoms with E-state index in [4.69, 9.17) is 0 Å². The van der Waals surface area contributed by atoms with E-state index in [1.54, 1.807) is 6.07 Å². The second-order valence-electron chi connectivity index (χ2n) is 6.66. The zero-order chi connectivity index (χ0) is 15.8. The Balaban J connectivity index is 1.47. The highest BCUT2D eigenvalue weighted by molar-refractivity contribution is 5.87. The molecule has 2 aromatic carbocycles. The molecule has 1 heterocycles. The predicted molar refractivity (Wildman–Crippen MR) is 90.2 cm³/mol. The maximum Gasteiger partial charge on any atom is 0.225 e. The standard InChI is InChI=1S/C19H22N2O2/c22-18-8-7-14-3-1-2-4-16(14)17(18)13-20-9-11-21(12-10-20)19(23)15-5-6-15/h1-4,7-8,15,22H,5-6,9-13H2. The summed E-state index contributed by atoms with van der Waals surface area (Å²) in [6.45, 7) is 4.10. The van der Waals surface area contributed by atoms with E-state index in [2.05, 4.69) is 17.0 Å². The van der Waals surface area contributed by atoms with Crippen molar-refractivity contribution in [1.29, 1.82) is 0 Å². The van der Waals surface area contributed by atoms with Gasteiger partial charge >= 0.3 is 0 Å². The van der Waals surface area contributed by atoms with Crippen LogP contribution < -0.4 is 0 Å². The fourth-order valence-electron chi connectivity index (χ4n) is 3.43. The van der Waals surface area contributed by atoms with Crippen LogP contribution in [0.15, 0.2) is 36.4 Å². The molecule has 0 aromatic heterocycles. The van der Waals surface area contributed by atoms with Crippen molar-refractivity contribution in [2.24, 2.45) is 5.92 Å². The number of hydrogen-bond acceptors (Lipinski definition) is 3. The summed E-state index contributed by atoms with van der Waals surface area (Å²) in [5.41, 5.74) is 0.991. The average molecular weight is 310 g/mol. The number of nitrogens with zero attached hydrogens (tertiary/aromatic N) is 2. The largest absolute Gasteiger partial charge is 0.508 e. The van der Waals surface area contributed by atoms with Gasteiger partial charge in [0, 0.05) is 44.2 Å². The molecule has 1 saturated carbocycles. The summed E-state index contributed by atoms with van der Waals surface area (Å²) in [5, 5.41) is 12.5. The van der Waals surface area contributed by atoms with Gasteiger partial charge in [-0.25, -0.2) is 0 Å². The lowest BCUT2D eigenvalue weighted by atomic mass is 10.0. The highest BCUT2D eigenvalue weighted by atomic mass is 16.3. The SMILES string of the molecule is O=C(C1CC1)N1CCN(Cc2c(O)ccc3ccccc23)CC1. The molecule has 0 atom stereocenters. The van der Waals surface area contributed by atoms with E-state index < -0.39 is 0 Å². The van der Waals surface area contributed by atoms with Crippen LogP contribution in [0.2, 0.25) is 0 Å². The van der Waals surface area contributed by atoms with Crippen molar-refractivity contribution >= 4 is 16.7 Å². The number of hydrogen-bond donors (Lipinski definition) is 1. The maximum atomic E-state index is 12.1. The molecule has 2 fully saturated rings.